The van der Waals surface area contributed by atoms with Crippen molar-refractivity contribution in [1.82, 2.24) is 10.6 Å². The predicted octanol–water partition coefficient (Wildman–Crippen LogP) is 1.29. The van der Waals surface area contributed by atoms with Crippen molar-refractivity contribution in [2.75, 3.05) is 0 Å². The summed E-state index contributed by atoms with van der Waals surface area (Å²) in [6, 6.07) is 4.56. The van der Waals surface area contributed by atoms with Gasteiger partial charge < -0.3 is 5.32 Å². The van der Waals surface area contributed by atoms with Crippen LogP contribution in [0.15, 0.2) is 22.7 Å². The van der Waals surface area contributed by atoms with Gasteiger partial charge in [0.05, 0.1) is 0 Å². The lowest BCUT2D eigenvalue weighted by Gasteiger charge is -2.21. The van der Waals surface area contributed by atoms with Gasteiger partial charge in [0.25, 0.3) is 5.91 Å². The zero-order valence-electron chi connectivity index (χ0n) is 10.3. The number of rotatable bonds is 2. The van der Waals surface area contributed by atoms with E-state index in [4.69, 9.17) is 0 Å². The lowest BCUT2D eigenvalue weighted by Crippen LogP contribution is -2.52. The molecule has 2 N–H and O–H groups in total. The zero-order valence-corrected chi connectivity index (χ0v) is 11.9. The summed E-state index contributed by atoms with van der Waals surface area (Å²) in [6.45, 7) is 1.88. The number of imide groups is 1. The average Bonchev–Trinajstić information content (AvgIpc) is 2.36. The minimum Gasteiger partial charge on any atom is -0.340 e. The number of benzene rings is 1. The predicted molar refractivity (Wildman–Crippen MR) is 72.5 cm³/mol. The summed E-state index contributed by atoms with van der Waals surface area (Å²) in [7, 11) is 0. The SMILES string of the molecule is Cc1cc(C(=O)NC2CCC(=O)NC2=O)ccc1Br. The Bertz CT molecular complexity index is 557. The molecule has 1 saturated heterocycles. The van der Waals surface area contributed by atoms with Crippen molar-refractivity contribution >= 4 is 33.7 Å². The Morgan fingerprint density at radius 2 is 2.16 bits per heavy atom. The number of amides is 3. The number of piperidine rings is 1. The van der Waals surface area contributed by atoms with Crippen molar-refractivity contribution < 1.29 is 14.4 Å². The van der Waals surface area contributed by atoms with Crippen molar-refractivity contribution in [1.29, 1.82) is 0 Å². The normalized spacial score (nSPS) is 18.9. The molecule has 0 radical (unpaired) electrons. The first-order valence-electron chi connectivity index (χ1n) is 5.88. The lowest BCUT2D eigenvalue weighted by molar-refractivity contribution is -0.134. The second-order valence-electron chi connectivity index (χ2n) is 4.44. The molecule has 0 bridgehead atoms. The van der Waals surface area contributed by atoms with Crippen LogP contribution in [-0.2, 0) is 9.59 Å². The van der Waals surface area contributed by atoms with E-state index >= 15 is 0 Å². The molecule has 0 spiro atoms. The van der Waals surface area contributed by atoms with Gasteiger partial charge in [-0.3, -0.25) is 19.7 Å². The van der Waals surface area contributed by atoms with Crippen LogP contribution >= 0.6 is 15.9 Å². The second-order valence-corrected chi connectivity index (χ2v) is 5.30. The first kappa shape index (κ1) is 13.7. The molecule has 1 aromatic carbocycles. The van der Waals surface area contributed by atoms with E-state index in [1.54, 1.807) is 18.2 Å². The van der Waals surface area contributed by atoms with Gasteiger partial charge in [0.1, 0.15) is 6.04 Å². The molecule has 0 aliphatic carbocycles. The number of nitrogens with one attached hydrogen (secondary N) is 2. The molecule has 1 fully saturated rings. The summed E-state index contributed by atoms with van der Waals surface area (Å²) >= 11 is 3.36. The van der Waals surface area contributed by atoms with Crippen LogP contribution in [0.1, 0.15) is 28.8 Å². The van der Waals surface area contributed by atoms with Crippen LogP contribution in [-0.4, -0.2) is 23.8 Å². The van der Waals surface area contributed by atoms with Gasteiger partial charge in [0.15, 0.2) is 0 Å². The molecule has 1 atom stereocenters. The maximum absolute atomic E-state index is 12.0. The average molecular weight is 325 g/mol. The first-order valence-corrected chi connectivity index (χ1v) is 6.67. The molecular weight excluding hydrogens is 312 g/mol. The molecule has 1 aliphatic rings. The summed E-state index contributed by atoms with van der Waals surface area (Å²) in [4.78, 5) is 34.6. The van der Waals surface area contributed by atoms with Gasteiger partial charge in [-0.15, -0.1) is 0 Å². The highest BCUT2D eigenvalue weighted by Gasteiger charge is 2.28. The Balaban J connectivity index is 2.06. The van der Waals surface area contributed by atoms with Gasteiger partial charge in [0, 0.05) is 16.5 Å². The Labute approximate surface area is 118 Å². The maximum atomic E-state index is 12.0. The zero-order chi connectivity index (χ0) is 14.0. The Morgan fingerprint density at radius 3 is 2.79 bits per heavy atom. The van der Waals surface area contributed by atoms with Crippen LogP contribution in [0.4, 0.5) is 0 Å². The standard InChI is InChI=1S/C13H13BrN2O3/c1-7-6-8(2-3-9(7)14)12(18)15-10-4-5-11(17)16-13(10)19/h2-3,6,10H,4-5H2,1H3,(H,15,18)(H,16,17,19). The number of carbonyl (C=O) groups excluding carboxylic acids is 3. The molecule has 1 heterocycles. The summed E-state index contributed by atoms with van der Waals surface area (Å²) < 4.78 is 0.921. The van der Waals surface area contributed by atoms with E-state index in [1.807, 2.05) is 6.92 Å². The summed E-state index contributed by atoms with van der Waals surface area (Å²) in [5.41, 5.74) is 1.43. The van der Waals surface area contributed by atoms with Crippen molar-refractivity contribution in [2.24, 2.45) is 0 Å². The number of halogens is 1. The van der Waals surface area contributed by atoms with Gasteiger partial charge in [-0.05, 0) is 37.1 Å². The molecule has 1 aliphatic heterocycles. The molecule has 0 saturated carbocycles. The van der Waals surface area contributed by atoms with Gasteiger partial charge in [0.2, 0.25) is 11.8 Å². The van der Waals surface area contributed by atoms with Crippen LogP contribution in [0.5, 0.6) is 0 Å². The maximum Gasteiger partial charge on any atom is 0.251 e. The molecule has 1 aromatic rings. The minimum absolute atomic E-state index is 0.246. The van der Waals surface area contributed by atoms with Crippen LogP contribution < -0.4 is 10.6 Å². The van der Waals surface area contributed by atoms with E-state index in [0.29, 0.717) is 12.0 Å². The fourth-order valence-corrected chi connectivity index (χ4v) is 2.11. The van der Waals surface area contributed by atoms with Crippen molar-refractivity contribution in [3.05, 3.63) is 33.8 Å². The fourth-order valence-electron chi connectivity index (χ4n) is 1.86. The van der Waals surface area contributed by atoms with Crippen molar-refractivity contribution in [3.63, 3.8) is 0 Å². The quantitative estimate of drug-likeness (QED) is 0.805. The van der Waals surface area contributed by atoms with E-state index in [2.05, 4.69) is 26.6 Å². The Kier molecular flexibility index (Phi) is 3.99. The van der Waals surface area contributed by atoms with E-state index < -0.39 is 11.9 Å². The third kappa shape index (κ3) is 3.20. The third-order valence-electron chi connectivity index (χ3n) is 2.96. The number of hydrogen-bond donors (Lipinski definition) is 2. The van der Waals surface area contributed by atoms with Crippen molar-refractivity contribution in [2.45, 2.75) is 25.8 Å². The molecule has 5 nitrogen and oxygen atoms in total. The van der Waals surface area contributed by atoms with Gasteiger partial charge >= 0.3 is 0 Å². The highest BCUT2D eigenvalue weighted by atomic mass is 79.9. The monoisotopic (exact) mass is 324 g/mol. The smallest absolute Gasteiger partial charge is 0.251 e. The second kappa shape index (κ2) is 5.52. The highest BCUT2D eigenvalue weighted by molar-refractivity contribution is 9.10. The highest BCUT2D eigenvalue weighted by Crippen LogP contribution is 2.17. The summed E-state index contributed by atoms with van der Waals surface area (Å²) in [5, 5.41) is 4.84. The molecule has 0 aromatic heterocycles. The molecule has 100 valence electrons. The first-order chi connectivity index (χ1) is 8.97. The van der Waals surface area contributed by atoms with Crippen molar-refractivity contribution in [3.8, 4) is 0 Å². The lowest BCUT2D eigenvalue weighted by atomic mass is 10.1. The van der Waals surface area contributed by atoms with E-state index in [1.165, 1.54) is 0 Å². The van der Waals surface area contributed by atoms with Gasteiger partial charge in [-0.25, -0.2) is 0 Å². The van der Waals surface area contributed by atoms with Crippen LogP contribution in [0.3, 0.4) is 0 Å². The molecule has 2 rings (SSSR count). The number of carbonyl (C=O) groups is 3. The van der Waals surface area contributed by atoms with Crippen LogP contribution in [0.25, 0.3) is 0 Å². The minimum atomic E-state index is -0.644. The topological polar surface area (TPSA) is 75.3 Å². The molecule has 1 unspecified atom stereocenters. The van der Waals surface area contributed by atoms with E-state index in [9.17, 15) is 14.4 Å². The largest absolute Gasteiger partial charge is 0.340 e. The molecule has 3 amide bonds. The molecular formula is C13H13BrN2O3. The van der Waals surface area contributed by atoms with Crippen LogP contribution in [0.2, 0.25) is 0 Å². The Morgan fingerprint density at radius 1 is 1.42 bits per heavy atom. The molecule has 19 heavy (non-hydrogen) atoms. The van der Waals surface area contributed by atoms with Gasteiger partial charge in [-0.2, -0.15) is 0 Å². The number of aryl methyl sites for hydroxylation is 1. The third-order valence-corrected chi connectivity index (χ3v) is 3.85. The summed E-state index contributed by atoms with van der Waals surface area (Å²) in [5.74, 6) is -1.06. The number of hydrogen-bond acceptors (Lipinski definition) is 3. The molecule has 6 heteroatoms. The van der Waals surface area contributed by atoms with E-state index in [0.717, 1.165) is 10.0 Å². The fraction of sp³-hybridized carbons (Fsp3) is 0.308. The Hall–Kier alpha value is -1.69. The summed E-state index contributed by atoms with van der Waals surface area (Å²) in [6.07, 6.45) is 0.585. The van der Waals surface area contributed by atoms with Gasteiger partial charge in [-0.1, -0.05) is 15.9 Å². The van der Waals surface area contributed by atoms with Crippen LogP contribution in [0, 0.1) is 6.92 Å². The van der Waals surface area contributed by atoms with E-state index in [-0.39, 0.29) is 18.2 Å².